The van der Waals surface area contributed by atoms with Crippen molar-refractivity contribution in [3.63, 3.8) is 0 Å². The molecule has 0 aliphatic carbocycles. The summed E-state index contributed by atoms with van der Waals surface area (Å²) < 4.78 is 4.97. The third-order valence-corrected chi connectivity index (χ3v) is 2.88. The first-order valence-electron chi connectivity index (χ1n) is 6.98. The quantitative estimate of drug-likeness (QED) is 0.634. The van der Waals surface area contributed by atoms with E-state index in [-0.39, 0.29) is 6.61 Å². The van der Waals surface area contributed by atoms with Crippen molar-refractivity contribution < 1.29 is 9.53 Å². The van der Waals surface area contributed by atoms with Crippen molar-refractivity contribution in [2.24, 2.45) is 5.73 Å². The first-order valence-corrected chi connectivity index (χ1v) is 6.98. The Labute approximate surface area is 129 Å². The van der Waals surface area contributed by atoms with Crippen LogP contribution in [0.25, 0.3) is 6.08 Å². The molecular formula is C17H19N3O2. The van der Waals surface area contributed by atoms with Gasteiger partial charge in [0.15, 0.2) is 0 Å². The van der Waals surface area contributed by atoms with Crippen LogP contribution >= 0.6 is 0 Å². The van der Waals surface area contributed by atoms with Gasteiger partial charge < -0.3 is 15.5 Å². The van der Waals surface area contributed by atoms with Crippen LogP contribution in [0.4, 0.5) is 0 Å². The van der Waals surface area contributed by atoms with Crippen molar-refractivity contribution in [1.82, 2.24) is 9.97 Å². The predicted molar refractivity (Wildman–Crippen MR) is 85.8 cm³/mol. The van der Waals surface area contributed by atoms with Crippen LogP contribution in [0.1, 0.15) is 23.9 Å². The number of carbonyl (C=O) groups excluding carboxylic acids is 1. The van der Waals surface area contributed by atoms with Gasteiger partial charge >= 0.3 is 5.97 Å². The summed E-state index contributed by atoms with van der Waals surface area (Å²) in [6.45, 7) is 1.86. The van der Waals surface area contributed by atoms with Crippen LogP contribution in [0.2, 0.25) is 0 Å². The van der Waals surface area contributed by atoms with E-state index in [0.717, 1.165) is 17.8 Å². The molecule has 1 heterocycles. The third-order valence-electron chi connectivity index (χ3n) is 2.88. The summed E-state index contributed by atoms with van der Waals surface area (Å²) in [4.78, 5) is 18.5. The van der Waals surface area contributed by atoms with E-state index in [1.165, 1.54) is 11.6 Å². The van der Waals surface area contributed by atoms with Crippen molar-refractivity contribution in [1.29, 1.82) is 0 Å². The van der Waals surface area contributed by atoms with Gasteiger partial charge in [0.1, 0.15) is 12.4 Å². The van der Waals surface area contributed by atoms with Crippen LogP contribution in [0.5, 0.6) is 0 Å². The average molecular weight is 297 g/mol. The molecule has 0 saturated carbocycles. The molecule has 0 aliphatic heterocycles. The van der Waals surface area contributed by atoms with Crippen LogP contribution in [-0.4, -0.2) is 22.5 Å². The van der Waals surface area contributed by atoms with Gasteiger partial charge in [-0.1, -0.05) is 30.3 Å². The Morgan fingerprint density at radius 3 is 2.77 bits per heavy atom. The van der Waals surface area contributed by atoms with Crippen molar-refractivity contribution in [2.75, 3.05) is 6.61 Å². The number of benzene rings is 1. The second kappa shape index (κ2) is 7.83. The molecule has 114 valence electrons. The van der Waals surface area contributed by atoms with E-state index >= 15 is 0 Å². The molecule has 0 spiro atoms. The highest BCUT2D eigenvalue weighted by Gasteiger charge is 1.98. The Morgan fingerprint density at radius 1 is 1.36 bits per heavy atom. The molecule has 0 unspecified atom stereocenters. The molecular weight excluding hydrogens is 278 g/mol. The van der Waals surface area contributed by atoms with Crippen molar-refractivity contribution >= 4 is 12.0 Å². The Kier molecular flexibility index (Phi) is 5.54. The molecule has 0 saturated heterocycles. The molecule has 0 amide bonds. The summed E-state index contributed by atoms with van der Waals surface area (Å²) in [5.41, 5.74) is 8.05. The topological polar surface area (TPSA) is 81.0 Å². The van der Waals surface area contributed by atoms with Crippen molar-refractivity contribution in [3.8, 4) is 0 Å². The summed E-state index contributed by atoms with van der Waals surface area (Å²) in [5, 5.41) is 0. The number of aromatic nitrogens is 2. The van der Waals surface area contributed by atoms with Crippen molar-refractivity contribution in [3.05, 3.63) is 71.5 Å². The molecule has 5 heteroatoms. The second-order valence-corrected chi connectivity index (χ2v) is 4.87. The van der Waals surface area contributed by atoms with Gasteiger partial charge in [-0.05, 0) is 24.1 Å². The average Bonchev–Trinajstić information content (AvgIpc) is 2.97. The zero-order valence-corrected chi connectivity index (χ0v) is 12.5. The first kappa shape index (κ1) is 15.6. The van der Waals surface area contributed by atoms with E-state index in [2.05, 4.69) is 22.1 Å². The fourth-order valence-corrected chi connectivity index (χ4v) is 1.88. The monoisotopic (exact) mass is 297 g/mol. The number of nitrogens with one attached hydrogen (secondary N) is 1. The summed E-state index contributed by atoms with van der Waals surface area (Å²) in [5.74, 6) is 0.511. The molecule has 5 nitrogen and oxygen atoms in total. The van der Waals surface area contributed by atoms with Gasteiger partial charge in [0, 0.05) is 30.6 Å². The largest absolute Gasteiger partial charge is 0.458 e. The van der Waals surface area contributed by atoms with E-state index in [0.29, 0.717) is 5.70 Å². The molecule has 0 fully saturated rings. The zero-order chi connectivity index (χ0) is 15.8. The molecule has 0 aliphatic rings. The molecule has 0 atom stereocenters. The highest BCUT2D eigenvalue weighted by molar-refractivity contribution is 5.82. The van der Waals surface area contributed by atoms with Gasteiger partial charge in [0.05, 0.1) is 0 Å². The summed E-state index contributed by atoms with van der Waals surface area (Å²) >= 11 is 0. The first-order chi connectivity index (χ1) is 10.6. The Balaban J connectivity index is 1.82. The Hall–Kier alpha value is -2.82. The lowest BCUT2D eigenvalue weighted by Gasteiger charge is -2.00. The molecule has 0 radical (unpaired) electrons. The van der Waals surface area contributed by atoms with Crippen LogP contribution in [0.3, 0.4) is 0 Å². The number of H-pyrrole nitrogens is 1. The molecule has 2 aromatic rings. The Morgan fingerprint density at radius 2 is 2.14 bits per heavy atom. The van der Waals surface area contributed by atoms with E-state index in [1.807, 2.05) is 24.4 Å². The minimum absolute atomic E-state index is 0.219. The van der Waals surface area contributed by atoms with Gasteiger partial charge in [-0.15, -0.1) is 0 Å². The fraction of sp³-hybridized carbons (Fsp3) is 0.176. The number of nitrogens with zero attached hydrogens (tertiary/aromatic N) is 1. The van der Waals surface area contributed by atoms with E-state index in [4.69, 9.17) is 10.5 Å². The standard InChI is InChI=1S/C17H19N3O2/c1-13(18)11-17(21)22-10-2-3-14-4-6-15(7-5-14)12-16-19-8-9-20-16/h2-9,11H,10,12,18H2,1H3,(H,19,20)/b3-2-,13-11-. The molecule has 2 rings (SSSR count). The van der Waals surface area contributed by atoms with E-state index in [9.17, 15) is 4.79 Å². The maximum absolute atomic E-state index is 11.2. The summed E-state index contributed by atoms with van der Waals surface area (Å²) in [7, 11) is 0. The number of carbonyl (C=O) groups is 1. The van der Waals surface area contributed by atoms with Crippen LogP contribution < -0.4 is 5.73 Å². The molecule has 1 aromatic heterocycles. The highest BCUT2D eigenvalue weighted by Crippen LogP contribution is 2.09. The predicted octanol–water partition coefficient (Wildman–Crippen LogP) is 2.42. The maximum atomic E-state index is 11.2. The number of aromatic amines is 1. The number of ether oxygens (including phenoxy) is 1. The lowest BCUT2D eigenvalue weighted by molar-refractivity contribution is -0.136. The zero-order valence-electron chi connectivity index (χ0n) is 12.5. The van der Waals surface area contributed by atoms with Gasteiger partial charge in [0.25, 0.3) is 0 Å². The number of nitrogens with two attached hydrogens (primary N) is 1. The number of hydrogen-bond donors (Lipinski definition) is 2. The maximum Gasteiger partial charge on any atom is 0.332 e. The number of allylic oxidation sites excluding steroid dienone is 1. The number of rotatable bonds is 6. The number of imidazole rings is 1. The van der Waals surface area contributed by atoms with Gasteiger partial charge in [-0.2, -0.15) is 0 Å². The van der Waals surface area contributed by atoms with Crippen LogP contribution in [0, 0.1) is 0 Å². The normalized spacial score (nSPS) is 11.8. The summed E-state index contributed by atoms with van der Waals surface area (Å²) in [6, 6.07) is 8.13. The van der Waals surface area contributed by atoms with E-state index < -0.39 is 5.97 Å². The smallest absolute Gasteiger partial charge is 0.332 e. The van der Waals surface area contributed by atoms with Crippen molar-refractivity contribution in [2.45, 2.75) is 13.3 Å². The van der Waals surface area contributed by atoms with Crippen LogP contribution in [0.15, 0.2) is 54.5 Å². The SMILES string of the molecule is C/C(N)=C/C(=O)OC/C=C\c1ccc(Cc2ncc[nH]2)cc1. The summed E-state index contributed by atoms with van der Waals surface area (Å²) in [6.07, 6.45) is 9.29. The lowest BCUT2D eigenvalue weighted by Crippen LogP contribution is -2.03. The molecule has 1 aromatic carbocycles. The molecule has 3 N–H and O–H groups in total. The minimum Gasteiger partial charge on any atom is -0.458 e. The third kappa shape index (κ3) is 5.28. The molecule has 22 heavy (non-hydrogen) atoms. The fourth-order valence-electron chi connectivity index (χ4n) is 1.88. The number of hydrogen-bond acceptors (Lipinski definition) is 4. The lowest BCUT2D eigenvalue weighted by atomic mass is 10.1. The Bertz CT molecular complexity index is 652. The van der Waals surface area contributed by atoms with Gasteiger partial charge in [0.2, 0.25) is 0 Å². The second-order valence-electron chi connectivity index (χ2n) is 4.87. The van der Waals surface area contributed by atoms with E-state index in [1.54, 1.807) is 19.2 Å². The van der Waals surface area contributed by atoms with Gasteiger partial charge in [-0.25, -0.2) is 9.78 Å². The highest BCUT2D eigenvalue weighted by atomic mass is 16.5. The van der Waals surface area contributed by atoms with Crippen LogP contribution in [-0.2, 0) is 16.0 Å². The minimum atomic E-state index is -0.432. The number of esters is 1. The van der Waals surface area contributed by atoms with Gasteiger partial charge in [-0.3, -0.25) is 0 Å². The molecule has 0 bridgehead atoms.